The molecule has 2 N–H and O–H groups in total. The van der Waals surface area contributed by atoms with Gasteiger partial charge in [-0.25, -0.2) is 9.89 Å². The van der Waals surface area contributed by atoms with Crippen molar-refractivity contribution >= 4 is 12.2 Å². The molecule has 0 aliphatic heterocycles. The van der Waals surface area contributed by atoms with E-state index >= 15 is 0 Å². The zero-order chi connectivity index (χ0) is 9.76. The van der Waals surface area contributed by atoms with Crippen molar-refractivity contribution in [2.45, 2.75) is 32.2 Å². The fourth-order valence-electron chi connectivity index (χ4n) is 2.34. The number of aromatic nitrogens is 3. The molecule has 2 aliphatic rings. The van der Waals surface area contributed by atoms with Gasteiger partial charge in [0.25, 0.3) is 0 Å². The van der Waals surface area contributed by atoms with E-state index in [-0.39, 0.29) is 5.69 Å². The molecule has 76 valence electrons. The maximum Gasteiger partial charge on any atom is 0.342 e. The van der Waals surface area contributed by atoms with Crippen molar-refractivity contribution in [2.24, 2.45) is 11.3 Å². The highest BCUT2D eigenvalue weighted by atomic mass is 32.1. The topological polar surface area (TPSA) is 53.6 Å². The molecule has 14 heavy (non-hydrogen) atoms. The highest BCUT2D eigenvalue weighted by Gasteiger charge is 2.54. The molecule has 0 saturated heterocycles. The van der Waals surface area contributed by atoms with Crippen molar-refractivity contribution in [3.63, 3.8) is 0 Å². The lowest BCUT2D eigenvalue weighted by Gasteiger charge is -2.12. The molecule has 4 nitrogen and oxygen atoms in total. The number of aromatic amines is 2. The third-order valence-corrected chi connectivity index (χ3v) is 3.90. The first kappa shape index (κ1) is 8.47. The molecule has 1 aromatic rings. The monoisotopic (exact) mass is 211 g/mol. The van der Waals surface area contributed by atoms with E-state index in [4.69, 9.17) is 12.2 Å². The van der Waals surface area contributed by atoms with Crippen LogP contribution >= 0.6 is 12.2 Å². The Hall–Kier alpha value is -0.840. The summed E-state index contributed by atoms with van der Waals surface area (Å²) < 4.78 is 2.20. The quantitative estimate of drug-likeness (QED) is 0.743. The Bertz CT molecular complexity index is 433. The van der Waals surface area contributed by atoms with Crippen LogP contribution in [0.15, 0.2) is 4.79 Å². The molecular weight excluding hydrogens is 198 g/mol. The van der Waals surface area contributed by atoms with Crippen LogP contribution in [0.5, 0.6) is 0 Å². The van der Waals surface area contributed by atoms with Gasteiger partial charge in [0, 0.05) is 6.54 Å². The Balaban J connectivity index is 1.91. The van der Waals surface area contributed by atoms with Gasteiger partial charge >= 0.3 is 5.69 Å². The van der Waals surface area contributed by atoms with Crippen LogP contribution in [0.2, 0.25) is 0 Å². The molecule has 0 bridgehead atoms. The number of nitrogens with one attached hydrogen (secondary N) is 2. The standard InChI is InChI=1S/C9H13N3OS/c13-7-10-11-8(14)12(7)5-9(3-4-9)6-1-2-6/h6H,1-5H2,(H,10,13)(H,11,14). The summed E-state index contributed by atoms with van der Waals surface area (Å²) in [5, 5.41) is 5.21. The Kier molecular flexibility index (Phi) is 1.57. The minimum Gasteiger partial charge on any atom is -0.272 e. The second-order valence-electron chi connectivity index (χ2n) is 4.58. The van der Waals surface area contributed by atoms with Crippen LogP contribution in [0.25, 0.3) is 0 Å². The van der Waals surface area contributed by atoms with Crippen LogP contribution in [-0.4, -0.2) is 14.8 Å². The average molecular weight is 211 g/mol. The van der Waals surface area contributed by atoms with Crippen LogP contribution in [0, 0.1) is 16.1 Å². The summed E-state index contributed by atoms with van der Waals surface area (Å²) in [6.07, 6.45) is 5.22. The molecule has 2 fully saturated rings. The van der Waals surface area contributed by atoms with Gasteiger partial charge in [-0.1, -0.05) is 0 Å². The van der Waals surface area contributed by atoms with Gasteiger partial charge in [-0.3, -0.25) is 9.67 Å². The third kappa shape index (κ3) is 1.19. The lowest BCUT2D eigenvalue weighted by molar-refractivity contribution is 0.363. The maximum absolute atomic E-state index is 11.4. The molecule has 0 amide bonds. The van der Waals surface area contributed by atoms with Gasteiger partial charge in [-0.2, -0.15) is 0 Å². The molecule has 3 rings (SSSR count). The Labute approximate surface area is 86.3 Å². The highest BCUT2D eigenvalue weighted by Crippen LogP contribution is 2.62. The second kappa shape index (κ2) is 2.59. The molecule has 5 heteroatoms. The number of rotatable bonds is 3. The average Bonchev–Trinajstić information content (AvgIpc) is 3.00. The predicted octanol–water partition coefficient (Wildman–Crippen LogP) is 1.42. The SMILES string of the molecule is O=c1[nH][nH]c(=S)n1CC1(C2CC2)CC1. The Morgan fingerprint density at radius 1 is 1.43 bits per heavy atom. The van der Waals surface area contributed by atoms with E-state index in [0.29, 0.717) is 10.2 Å². The van der Waals surface area contributed by atoms with Crippen LogP contribution in [0.3, 0.4) is 0 Å². The van der Waals surface area contributed by atoms with Gasteiger partial charge in [-0.05, 0) is 49.2 Å². The fraction of sp³-hybridized carbons (Fsp3) is 0.778. The summed E-state index contributed by atoms with van der Waals surface area (Å²) in [4.78, 5) is 11.4. The summed E-state index contributed by atoms with van der Waals surface area (Å²) in [5.41, 5.74) is 0.329. The van der Waals surface area contributed by atoms with E-state index < -0.39 is 0 Å². The van der Waals surface area contributed by atoms with Crippen LogP contribution in [0.1, 0.15) is 25.7 Å². The summed E-state index contributed by atoms with van der Waals surface area (Å²) in [6, 6.07) is 0. The first-order chi connectivity index (χ1) is 6.71. The van der Waals surface area contributed by atoms with Crippen molar-refractivity contribution in [1.82, 2.24) is 14.8 Å². The van der Waals surface area contributed by atoms with Crippen molar-refractivity contribution in [3.05, 3.63) is 15.3 Å². The lowest BCUT2D eigenvalue weighted by Crippen LogP contribution is -2.23. The molecule has 0 aromatic carbocycles. The van der Waals surface area contributed by atoms with Crippen LogP contribution < -0.4 is 5.69 Å². The fourth-order valence-corrected chi connectivity index (χ4v) is 2.54. The van der Waals surface area contributed by atoms with E-state index in [1.807, 2.05) is 0 Å². The molecule has 0 atom stereocenters. The summed E-state index contributed by atoms with van der Waals surface area (Å²) in [6.45, 7) is 0.815. The molecular formula is C9H13N3OS. The zero-order valence-electron chi connectivity index (χ0n) is 7.88. The van der Waals surface area contributed by atoms with Gasteiger partial charge < -0.3 is 0 Å². The molecule has 1 heterocycles. The second-order valence-corrected chi connectivity index (χ2v) is 4.97. The lowest BCUT2D eigenvalue weighted by atomic mass is 10.0. The van der Waals surface area contributed by atoms with E-state index in [9.17, 15) is 4.79 Å². The molecule has 0 radical (unpaired) electrons. The Morgan fingerprint density at radius 2 is 2.14 bits per heavy atom. The third-order valence-electron chi connectivity index (χ3n) is 3.58. The highest BCUT2D eigenvalue weighted by molar-refractivity contribution is 7.71. The van der Waals surface area contributed by atoms with Crippen LogP contribution in [-0.2, 0) is 6.54 Å². The number of hydrogen-bond acceptors (Lipinski definition) is 2. The first-order valence-corrected chi connectivity index (χ1v) is 5.50. The first-order valence-electron chi connectivity index (χ1n) is 5.09. The largest absolute Gasteiger partial charge is 0.342 e. The van der Waals surface area contributed by atoms with Gasteiger partial charge in [0.1, 0.15) is 0 Å². The van der Waals surface area contributed by atoms with Gasteiger partial charge in [0.15, 0.2) is 4.77 Å². The number of nitrogens with zero attached hydrogens (tertiary/aromatic N) is 1. The van der Waals surface area contributed by atoms with Crippen molar-refractivity contribution in [3.8, 4) is 0 Å². The summed E-state index contributed by atoms with van der Waals surface area (Å²) >= 11 is 5.05. The Morgan fingerprint density at radius 3 is 2.57 bits per heavy atom. The zero-order valence-corrected chi connectivity index (χ0v) is 8.69. The normalized spacial score (nSPS) is 23.7. The molecule has 2 aliphatic carbocycles. The number of H-pyrrole nitrogens is 2. The number of hydrogen-bond donors (Lipinski definition) is 2. The van der Waals surface area contributed by atoms with E-state index in [1.165, 1.54) is 25.7 Å². The van der Waals surface area contributed by atoms with Gasteiger partial charge in [0.05, 0.1) is 0 Å². The predicted molar refractivity (Wildman–Crippen MR) is 54.6 cm³/mol. The van der Waals surface area contributed by atoms with E-state index in [1.54, 1.807) is 4.57 Å². The molecule has 2 saturated carbocycles. The summed E-state index contributed by atoms with van der Waals surface area (Å²) in [5.74, 6) is 0.860. The van der Waals surface area contributed by atoms with E-state index in [2.05, 4.69) is 10.2 Å². The van der Waals surface area contributed by atoms with E-state index in [0.717, 1.165) is 12.5 Å². The van der Waals surface area contributed by atoms with Crippen molar-refractivity contribution in [1.29, 1.82) is 0 Å². The van der Waals surface area contributed by atoms with Gasteiger partial charge in [-0.15, -0.1) is 0 Å². The molecule has 0 unspecified atom stereocenters. The van der Waals surface area contributed by atoms with Crippen LogP contribution in [0.4, 0.5) is 0 Å². The molecule has 0 spiro atoms. The minimum absolute atomic E-state index is 0.0954. The maximum atomic E-state index is 11.4. The smallest absolute Gasteiger partial charge is 0.272 e. The van der Waals surface area contributed by atoms with Crippen molar-refractivity contribution < 1.29 is 0 Å². The minimum atomic E-state index is -0.0954. The molecule has 1 aromatic heterocycles. The van der Waals surface area contributed by atoms with Crippen molar-refractivity contribution in [2.75, 3.05) is 0 Å². The van der Waals surface area contributed by atoms with Gasteiger partial charge in [0.2, 0.25) is 0 Å². The summed E-state index contributed by atoms with van der Waals surface area (Å²) in [7, 11) is 0.